The minimum absolute atomic E-state index is 0.0286. The molecule has 0 unspecified atom stereocenters. The van der Waals surface area contributed by atoms with Crippen LogP contribution in [0.2, 0.25) is 0 Å². The van der Waals surface area contributed by atoms with Crippen molar-refractivity contribution in [3.63, 3.8) is 0 Å². The third-order valence-electron chi connectivity index (χ3n) is 4.60. The molecule has 2 aliphatic rings. The summed E-state index contributed by atoms with van der Waals surface area (Å²) in [6, 6.07) is 4.45. The molecule has 0 aromatic heterocycles. The van der Waals surface area contributed by atoms with Gasteiger partial charge in [-0.3, -0.25) is 19.8 Å². The van der Waals surface area contributed by atoms with Gasteiger partial charge in [-0.2, -0.15) is 0 Å². The molecule has 1 aromatic rings. The highest BCUT2D eigenvalue weighted by atomic mass is 16.6. The van der Waals surface area contributed by atoms with Gasteiger partial charge in [0.05, 0.1) is 6.54 Å². The van der Waals surface area contributed by atoms with E-state index in [0.29, 0.717) is 56.6 Å². The zero-order valence-electron chi connectivity index (χ0n) is 16.2. The van der Waals surface area contributed by atoms with E-state index in [1.807, 2.05) is 23.6 Å². The Balaban J connectivity index is 1.43. The summed E-state index contributed by atoms with van der Waals surface area (Å²) in [6.07, 6.45) is 0. The minimum Gasteiger partial charge on any atom is -0.486 e. The number of hydrogen-bond donors (Lipinski definition) is 2. The van der Waals surface area contributed by atoms with Gasteiger partial charge in [-0.1, -0.05) is 13.8 Å². The Kier molecular flexibility index (Phi) is 6.35. The van der Waals surface area contributed by atoms with Crippen molar-refractivity contribution >= 4 is 23.5 Å². The molecule has 1 aromatic carbocycles. The molecule has 0 radical (unpaired) electrons. The van der Waals surface area contributed by atoms with Crippen LogP contribution in [0.4, 0.5) is 10.5 Å². The van der Waals surface area contributed by atoms with Crippen LogP contribution in [0.15, 0.2) is 18.2 Å². The zero-order valence-corrected chi connectivity index (χ0v) is 16.2. The standard InChI is InChI=1S/C19H26N4O5/c1-13(2)18(25)23-7-5-22(6-8-23)12-17(24)21-19(26)20-14-3-4-15-16(11-14)28-10-9-27-15/h3-4,11,13H,5-10,12H2,1-2H3,(H2,20,21,24,26). The number of piperazine rings is 1. The number of benzene rings is 1. The topological polar surface area (TPSA) is 100 Å². The molecular formula is C19H26N4O5. The van der Waals surface area contributed by atoms with Gasteiger partial charge in [0.15, 0.2) is 11.5 Å². The van der Waals surface area contributed by atoms with E-state index in [9.17, 15) is 14.4 Å². The molecule has 28 heavy (non-hydrogen) atoms. The van der Waals surface area contributed by atoms with Crippen LogP contribution >= 0.6 is 0 Å². The van der Waals surface area contributed by atoms with E-state index in [0.717, 1.165) is 0 Å². The quantitative estimate of drug-likeness (QED) is 0.793. The molecular weight excluding hydrogens is 364 g/mol. The average molecular weight is 390 g/mol. The normalized spacial score (nSPS) is 16.6. The van der Waals surface area contributed by atoms with Gasteiger partial charge >= 0.3 is 6.03 Å². The molecule has 2 N–H and O–H groups in total. The van der Waals surface area contributed by atoms with Crippen molar-refractivity contribution in [2.45, 2.75) is 13.8 Å². The number of anilines is 1. The smallest absolute Gasteiger partial charge is 0.325 e. The van der Waals surface area contributed by atoms with Crippen LogP contribution < -0.4 is 20.1 Å². The van der Waals surface area contributed by atoms with Crippen molar-refractivity contribution in [1.82, 2.24) is 15.1 Å². The van der Waals surface area contributed by atoms with Gasteiger partial charge in [-0.25, -0.2) is 4.79 Å². The van der Waals surface area contributed by atoms with E-state index in [2.05, 4.69) is 10.6 Å². The maximum absolute atomic E-state index is 12.1. The van der Waals surface area contributed by atoms with E-state index in [1.165, 1.54) is 0 Å². The molecule has 152 valence electrons. The number of nitrogens with zero attached hydrogens (tertiary/aromatic N) is 2. The fraction of sp³-hybridized carbons (Fsp3) is 0.526. The van der Waals surface area contributed by atoms with E-state index in [-0.39, 0.29) is 18.4 Å². The van der Waals surface area contributed by atoms with Crippen molar-refractivity contribution < 1.29 is 23.9 Å². The predicted molar refractivity (Wildman–Crippen MR) is 102 cm³/mol. The number of carbonyl (C=O) groups excluding carboxylic acids is 3. The van der Waals surface area contributed by atoms with Crippen LogP contribution in [0.3, 0.4) is 0 Å². The SMILES string of the molecule is CC(C)C(=O)N1CCN(CC(=O)NC(=O)Nc2ccc3c(c2)OCCO3)CC1. The Hall–Kier alpha value is -2.81. The summed E-state index contributed by atoms with van der Waals surface area (Å²) in [5.41, 5.74) is 0.510. The summed E-state index contributed by atoms with van der Waals surface area (Å²) < 4.78 is 10.9. The molecule has 2 heterocycles. The molecule has 4 amide bonds. The Labute approximate surface area is 163 Å². The first-order valence-electron chi connectivity index (χ1n) is 9.44. The molecule has 9 nitrogen and oxygen atoms in total. The van der Waals surface area contributed by atoms with Crippen molar-refractivity contribution in [1.29, 1.82) is 0 Å². The maximum Gasteiger partial charge on any atom is 0.325 e. The highest BCUT2D eigenvalue weighted by Gasteiger charge is 2.24. The van der Waals surface area contributed by atoms with Crippen molar-refractivity contribution in [2.24, 2.45) is 5.92 Å². The number of urea groups is 1. The minimum atomic E-state index is -0.602. The lowest BCUT2D eigenvalue weighted by Gasteiger charge is -2.35. The van der Waals surface area contributed by atoms with Gasteiger partial charge in [0.1, 0.15) is 13.2 Å². The van der Waals surface area contributed by atoms with Crippen LogP contribution in [0.1, 0.15) is 13.8 Å². The van der Waals surface area contributed by atoms with Crippen molar-refractivity contribution in [3.05, 3.63) is 18.2 Å². The number of imide groups is 1. The second-order valence-corrected chi connectivity index (χ2v) is 7.12. The highest BCUT2D eigenvalue weighted by Crippen LogP contribution is 2.32. The van der Waals surface area contributed by atoms with Gasteiger partial charge in [-0.15, -0.1) is 0 Å². The molecule has 0 spiro atoms. The molecule has 1 saturated heterocycles. The number of ether oxygens (including phenoxy) is 2. The maximum atomic E-state index is 12.1. The Morgan fingerprint density at radius 2 is 1.71 bits per heavy atom. The van der Waals surface area contributed by atoms with Gasteiger partial charge in [0, 0.05) is 43.9 Å². The first kappa shape index (κ1) is 19.9. The number of fused-ring (bicyclic) bond motifs is 1. The van der Waals surface area contributed by atoms with Gasteiger partial charge in [-0.05, 0) is 12.1 Å². The summed E-state index contributed by atoms with van der Waals surface area (Å²) in [4.78, 5) is 39.9. The summed E-state index contributed by atoms with van der Waals surface area (Å²) in [5.74, 6) is 0.897. The number of amides is 4. The fourth-order valence-corrected chi connectivity index (χ4v) is 3.14. The Morgan fingerprint density at radius 3 is 2.39 bits per heavy atom. The monoisotopic (exact) mass is 390 g/mol. The lowest BCUT2D eigenvalue weighted by atomic mass is 10.1. The van der Waals surface area contributed by atoms with E-state index >= 15 is 0 Å². The number of rotatable bonds is 4. The molecule has 2 aliphatic heterocycles. The molecule has 9 heteroatoms. The molecule has 1 fully saturated rings. The lowest BCUT2D eigenvalue weighted by molar-refractivity contribution is -0.136. The first-order valence-corrected chi connectivity index (χ1v) is 9.44. The third kappa shape index (κ3) is 5.13. The van der Waals surface area contributed by atoms with Crippen LogP contribution in [-0.4, -0.2) is 73.6 Å². The number of carbonyl (C=O) groups is 3. The predicted octanol–water partition coefficient (Wildman–Crippen LogP) is 0.906. The number of hydrogen-bond acceptors (Lipinski definition) is 6. The van der Waals surface area contributed by atoms with Crippen LogP contribution in [-0.2, 0) is 9.59 Å². The highest BCUT2D eigenvalue weighted by molar-refractivity contribution is 6.01. The van der Waals surface area contributed by atoms with E-state index < -0.39 is 11.9 Å². The average Bonchev–Trinajstić information content (AvgIpc) is 2.67. The third-order valence-corrected chi connectivity index (χ3v) is 4.60. The molecule has 0 bridgehead atoms. The Morgan fingerprint density at radius 1 is 1.04 bits per heavy atom. The number of nitrogens with one attached hydrogen (secondary N) is 2. The second kappa shape index (κ2) is 8.92. The molecule has 0 saturated carbocycles. The summed E-state index contributed by atoms with van der Waals surface area (Å²) >= 11 is 0. The van der Waals surface area contributed by atoms with Crippen LogP contribution in [0.5, 0.6) is 11.5 Å². The largest absolute Gasteiger partial charge is 0.486 e. The molecule has 0 atom stereocenters. The lowest BCUT2D eigenvalue weighted by Crippen LogP contribution is -2.52. The first-order chi connectivity index (χ1) is 13.4. The van der Waals surface area contributed by atoms with Crippen LogP contribution in [0, 0.1) is 5.92 Å². The fourth-order valence-electron chi connectivity index (χ4n) is 3.14. The summed E-state index contributed by atoms with van der Waals surface area (Å²) in [5, 5.41) is 4.94. The summed E-state index contributed by atoms with van der Waals surface area (Å²) in [7, 11) is 0. The van der Waals surface area contributed by atoms with Gasteiger partial charge < -0.3 is 19.7 Å². The van der Waals surface area contributed by atoms with Gasteiger partial charge in [0.2, 0.25) is 11.8 Å². The van der Waals surface area contributed by atoms with E-state index in [1.54, 1.807) is 18.2 Å². The molecule has 3 rings (SSSR count). The second-order valence-electron chi connectivity index (χ2n) is 7.12. The van der Waals surface area contributed by atoms with Crippen LogP contribution in [0.25, 0.3) is 0 Å². The zero-order chi connectivity index (χ0) is 20.1. The van der Waals surface area contributed by atoms with Gasteiger partial charge in [0.25, 0.3) is 0 Å². The van der Waals surface area contributed by atoms with Crippen molar-refractivity contribution in [3.8, 4) is 11.5 Å². The van der Waals surface area contributed by atoms with E-state index in [4.69, 9.17) is 9.47 Å². The molecule has 0 aliphatic carbocycles. The van der Waals surface area contributed by atoms with Crippen molar-refractivity contribution in [2.75, 3.05) is 51.3 Å². The summed E-state index contributed by atoms with van der Waals surface area (Å²) in [6.45, 7) is 7.21. The Bertz CT molecular complexity index is 744.